The third-order valence-electron chi connectivity index (χ3n) is 7.95. The van der Waals surface area contributed by atoms with Crippen LogP contribution in [0.15, 0.2) is 6.07 Å². The first-order chi connectivity index (χ1) is 14.8. The number of hydrogen-bond donors (Lipinski definition) is 4. The molecule has 2 fully saturated rings. The molecular weight excluding hydrogens is 412 g/mol. The summed E-state index contributed by atoms with van der Waals surface area (Å²) in [7, 11) is -1.22. The molecule has 0 bridgehead atoms. The van der Waals surface area contributed by atoms with Crippen molar-refractivity contribution in [2.75, 3.05) is 24.7 Å². The molecule has 5 rings (SSSR count). The molecule has 2 saturated heterocycles. The van der Waals surface area contributed by atoms with Gasteiger partial charge in [0.1, 0.15) is 0 Å². The van der Waals surface area contributed by atoms with Gasteiger partial charge in [0.2, 0.25) is 5.91 Å². The number of nitrogens with zero attached hydrogens (tertiary/aromatic N) is 1. The molecule has 2 atom stereocenters. The van der Waals surface area contributed by atoms with Gasteiger partial charge in [0.05, 0.1) is 5.92 Å². The summed E-state index contributed by atoms with van der Waals surface area (Å²) < 4.78 is 18.6. The van der Waals surface area contributed by atoms with Crippen LogP contribution in [0.4, 0.5) is 10.5 Å². The molecule has 0 saturated carbocycles. The van der Waals surface area contributed by atoms with Gasteiger partial charge in [-0.3, -0.25) is 14.2 Å². The van der Waals surface area contributed by atoms with Crippen molar-refractivity contribution in [2.45, 2.75) is 70.3 Å². The molecule has 3 amide bonds. The SMILES string of the molecule is CN1CCC[C@]1(C)CC1C[SH](=O)(NC(=O)Nc2c3c(cc4c2CCC4)CCC3)NC1=O. The number of carbonyl (C=O) groups excluding carboxylic acids is 2. The molecule has 4 aliphatic rings. The fraction of sp³-hybridized carbons (Fsp3) is 0.652. The summed E-state index contributed by atoms with van der Waals surface area (Å²) in [5.41, 5.74) is 6.02. The highest BCUT2D eigenvalue weighted by Crippen LogP contribution is 2.39. The molecule has 2 aliphatic carbocycles. The first-order valence-electron chi connectivity index (χ1n) is 11.6. The molecular formula is C23H34N4O3S. The lowest BCUT2D eigenvalue weighted by Crippen LogP contribution is -2.47. The molecule has 2 heterocycles. The quantitative estimate of drug-likeness (QED) is 0.534. The number of likely N-dealkylation sites (tertiary alicyclic amines) is 1. The van der Waals surface area contributed by atoms with E-state index < -0.39 is 16.3 Å². The number of thiol groups is 1. The second kappa shape index (κ2) is 7.59. The standard InChI is InChI=1S/C23H34N4O3S/c1-23(10-5-11-27(23)2)13-17-14-31(30,25-21(17)28)26-22(29)24-20-18-8-3-6-15(18)12-16-7-4-9-19(16)20/h12,17,31H,3-11,13-14H2,1-2H3,(H3,24,25,26,28,29,30)/t17?,23-/m1/s1. The summed E-state index contributed by atoms with van der Waals surface area (Å²) in [6, 6.07) is 1.85. The highest BCUT2D eigenvalue weighted by atomic mass is 32.3. The zero-order valence-corrected chi connectivity index (χ0v) is 19.4. The summed E-state index contributed by atoms with van der Waals surface area (Å²) >= 11 is 0. The van der Waals surface area contributed by atoms with E-state index in [1.54, 1.807) is 0 Å². The van der Waals surface area contributed by atoms with Crippen LogP contribution in [0.5, 0.6) is 0 Å². The van der Waals surface area contributed by atoms with Crippen LogP contribution in [0.25, 0.3) is 0 Å². The number of rotatable bonds is 4. The number of urea groups is 1. The van der Waals surface area contributed by atoms with E-state index in [0.29, 0.717) is 6.42 Å². The summed E-state index contributed by atoms with van der Waals surface area (Å²) in [5, 5.41) is 3.03. The summed E-state index contributed by atoms with van der Waals surface area (Å²) in [6.07, 6.45) is 9.10. The van der Waals surface area contributed by atoms with Crippen molar-refractivity contribution in [3.8, 4) is 0 Å². The van der Waals surface area contributed by atoms with E-state index >= 15 is 0 Å². The Morgan fingerprint density at radius 3 is 2.48 bits per heavy atom. The largest absolute Gasteiger partial charge is 0.330 e. The van der Waals surface area contributed by atoms with Gasteiger partial charge >= 0.3 is 6.03 Å². The number of carbonyl (C=O) groups is 2. The van der Waals surface area contributed by atoms with Crippen molar-refractivity contribution in [1.82, 2.24) is 14.3 Å². The number of aryl methyl sites for hydroxylation is 2. The molecule has 31 heavy (non-hydrogen) atoms. The lowest BCUT2D eigenvalue weighted by Gasteiger charge is -2.34. The van der Waals surface area contributed by atoms with E-state index in [4.69, 9.17) is 0 Å². The number of fused-ring (bicyclic) bond motifs is 2. The Hall–Kier alpha value is -1.93. The average Bonchev–Trinajstić information content (AvgIpc) is 3.45. The maximum atomic E-state index is 13.3. The Labute approximate surface area is 185 Å². The van der Waals surface area contributed by atoms with Gasteiger partial charge in [-0.25, -0.2) is 9.00 Å². The molecule has 2 aliphatic heterocycles. The first kappa shape index (κ1) is 20.9. The van der Waals surface area contributed by atoms with E-state index in [2.05, 4.69) is 39.7 Å². The summed E-state index contributed by atoms with van der Waals surface area (Å²) in [4.78, 5) is 27.8. The molecule has 1 aromatic rings. The van der Waals surface area contributed by atoms with Gasteiger partial charge in [-0.2, -0.15) is 0 Å². The smallest absolute Gasteiger partial charge is 0.307 e. The van der Waals surface area contributed by atoms with E-state index in [0.717, 1.165) is 63.6 Å². The molecule has 0 radical (unpaired) electrons. The lowest BCUT2D eigenvalue weighted by atomic mass is 9.87. The summed E-state index contributed by atoms with van der Waals surface area (Å²) in [5.74, 6) is -0.346. The van der Waals surface area contributed by atoms with Crippen LogP contribution in [0.1, 0.15) is 61.3 Å². The summed E-state index contributed by atoms with van der Waals surface area (Å²) in [6.45, 7) is 3.20. The van der Waals surface area contributed by atoms with Crippen molar-refractivity contribution in [1.29, 1.82) is 0 Å². The van der Waals surface area contributed by atoms with E-state index in [-0.39, 0.29) is 23.1 Å². The Bertz CT molecular complexity index is 961. The van der Waals surface area contributed by atoms with Crippen LogP contribution in [0.2, 0.25) is 0 Å². The fourth-order valence-electron chi connectivity index (χ4n) is 6.16. The van der Waals surface area contributed by atoms with Crippen LogP contribution >= 0.6 is 0 Å². The minimum Gasteiger partial charge on any atom is -0.307 e. The van der Waals surface area contributed by atoms with Crippen LogP contribution in [0.3, 0.4) is 0 Å². The van der Waals surface area contributed by atoms with E-state index in [1.165, 1.54) is 22.3 Å². The van der Waals surface area contributed by atoms with Crippen molar-refractivity contribution in [3.05, 3.63) is 28.3 Å². The highest BCUT2D eigenvalue weighted by Gasteiger charge is 2.44. The normalized spacial score (nSPS) is 30.0. The van der Waals surface area contributed by atoms with Crippen LogP contribution in [-0.4, -0.2) is 45.9 Å². The molecule has 7 nitrogen and oxygen atoms in total. The highest BCUT2D eigenvalue weighted by molar-refractivity contribution is 8.00. The van der Waals surface area contributed by atoms with Gasteiger partial charge in [0.25, 0.3) is 0 Å². The lowest BCUT2D eigenvalue weighted by molar-refractivity contribution is -0.122. The number of anilines is 1. The van der Waals surface area contributed by atoms with E-state index in [1.807, 2.05) is 0 Å². The molecule has 8 heteroatoms. The first-order valence-corrected chi connectivity index (χ1v) is 13.5. The Morgan fingerprint density at radius 2 is 1.87 bits per heavy atom. The third kappa shape index (κ3) is 3.78. The predicted molar refractivity (Wildman–Crippen MR) is 124 cm³/mol. The number of nitrogens with one attached hydrogen (secondary N) is 3. The zero-order valence-electron chi connectivity index (χ0n) is 18.6. The molecule has 0 aromatic heterocycles. The number of hydrogen-bond acceptors (Lipinski definition) is 4. The maximum absolute atomic E-state index is 13.3. The second-order valence-corrected chi connectivity index (χ2v) is 12.4. The van der Waals surface area contributed by atoms with Gasteiger partial charge in [0.15, 0.2) is 0 Å². The Balaban J connectivity index is 1.28. The zero-order chi connectivity index (χ0) is 21.8. The number of benzene rings is 1. The van der Waals surface area contributed by atoms with E-state index in [9.17, 15) is 13.8 Å². The Kier molecular flexibility index (Phi) is 5.13. The van der Waals surface area contributed by atoms with Crippen LogP contribution in [-0.2, 0) is 40.8 Å². The molecule has 0 spiro atoms. The van der Waals surface area contributed by atoms with Gasteiger partial charge in [0, 0.05) is 27.3 Å². The molecule has 3 N–H and O–H groups in total. The third-order valence-corrected chi connectivity index (χ3v) is 10.1. The van der Waals surface area contributed by atoms with Gasteiger partial charge < -0.3 is 10.2 Å². The van der Waals surface area contributed by atoms with Crippen LogP contribution < -0.4 is 14.8 Å². The van der Waals surface area contributed by atoms with Gasteiger partial charge in [-0.1, -0.05) is 6.07 Å². The number of amides is 3. The minimum atomic E-state index is -3.30. The van der Waals surface area contributed by atoms with Crippen molar-refractivity contribution >= 4 is 27.9 Å². The van der Waals surface area contributed by atoms with Gasteiger partial charge in [-0.05, 0) is 101 Å². The molecule has 1 unspecified atom stereocenters. The predicted octanol–water partition coefficient (Wildman–Crippen LogP) is 2.25. The van der Waals surface area contributed by atoms with Gasteiger partial charge in [-0.15, -0.1) is 0 Å². The fourth-order valence-corrected chi connectivity index (χ4v) is 8.23. The minimum absolute atomic E-state index is 0.0510. The topological polar surface area (TPSA) is 90.5 Å². The average molecular weight is 447 g/mol. The Morgan fingerprint density at radius 1 is 1.19 bits per heavy atom. The maximum Gasteiger partial charge on any atom is 0.330 e. The van der Waals surface area contributed by atoms with Crippen molar-refractivity contribution in [2.24, 2.45) is 5.92 Å². The monoisotopic (exact) mass is 446 g/mol. The molecule has 1 aromatic carbocycles. The molecule has 170 valence electrons. The van der Waals surface area contributed by atoms with Crippen molar-refractivity contribution in [3.63, 3.8) is 0 Å². The van der Waals surface area contributed by atoms with Crippen LogP contribution in [0, 0.1) is 5.92 Å². The van der Waals surface area contributed by atoms with Crippen molar-refractivity contribution < 1.29 is 13.8 Å². The second-order valence-electron chi connectivity index (χ2n) is 10.1.